The number of nitrogens with one attached hydrogen (secondary N) is 1. The van der Waals surface area contributed by atoms with E-state index in [0.717, 1.165) is 10.5 Å². The zero-order valence-corrected chi connectivity index (χ0v) is 21.5. The Morgan fingerprint density at radius 3 is 2.55 bits per heavy atom. The van der Waals surface area contributed by atoms with Gasteiger partial charge in [-0.05, 0) is 59.8 Å². The molecule has 1 aliphatic heterocycles. The number of para-hydroxylation sites is 1. The first-order valence-corrected chi connectivity index (χ1v) is 12.3. The summed E-state index contributed by atoms with van der Waals surface area (Å²) in [5.74, 6) is -1.84. The molecule has 0 radical (unpaired) electrons. The number of carbonyl (C=O) groups excluding carboxylic acids is 4. The lowest BCUT2D eigenvalue weighted by Crippen LogP contribution is -2.36. The highest BCUT2D eigenvalue weighted by atomic mass is 35.5. The van der Waals surface area contributed by atoms with Gasteiger partial charge in [0.15, 0.2) is 0 Å². The molecule has 3 aromatic carbocycles. The molecular formula is C27H20ClFN2O6S. The monoisotopic (exact) mass is 554 g/mol. The number of nitrogens with zero attached hydrogens (tertiary/aromatic N) is 1. The van der Waals surface area contributed by atoms with Crippen LogP contribution in [0, 0.1) is 5.82 Å². The van der Waals surface area contributed by atoms with Gasteiger partial charge in [-0.2, -0.15) is 0 Å². The van der Waals surface area contributed by atoms with E-state index < -0.39 is 29.6 Å². The van der Waals surface area contributed by atoms with Crippen molar-refractivity contribution in [1.29, 1.82) is 0 Å². The van der Waals surface area contributed by atoms with E-state index in [2.05, 4.69) is 10.1 Å². The molecule has 0 unspecified atom stereocenters. The minimum atomic E-state index is -0.677. The summed E-state index contributed by atoms with van der Waals surface area (Å²) in [7, 11) is 1.20. The molecule has 0 bridgehead atoms. The van der Waals surface area contributed by atoms with E-state index in [-0.39, 0.29) is 33.6 Å². The van der Waals surface area contributed by atoms with Crippen LogP contribution in [-0.4, -0.2) is 41.6 Å². The summed E-state index contributed by atoms with van der Waals surface area (Å²) >= 11 is 6.69. The minimum Gasteiger partial charge on any atom is -0.488 e. The maximum atomic E-state index is 13.1. The molecule has 1 aliphatic rings. The van der Waals surface area contributed by atoms with Crippen LogP contribution in [0.15, 0.2) is 71.6 Å². The van der Waals surface area contributed by atoms with Crippen LogP contribution in [0.5, 0.6) is 5.75 Å². The summed E-state index contributed by atoms with van der Waals surface area (Å²) in [6.45, 7) is -0.351. The summed E-state index contributed by atoms with van der Waals surface area (Å²) in [5, 5.41) is 2.08. The van der Waals surface area contributed by atoms with Crippen molar-refractivity contribution in [2.75, 3.05) is 19.0 Å². The fourth-order valence-electron chi connectivity index (χ4n) is 3.46. The quantitative estimate of drug-likeness (QED) is 0.289. The SMILES string of the molecule is COC(=O)c1cc(NC(=O)CN2C(=O)S/C(=C\c3ccccc3OCc3ccc(F)cc3)C2=O)ccc1Cl. The molecule has 3 aromatic rings. The molecule has 8 nitrogen and oxygen atoms in total. The second-order valence-electron chi connectivity index (χ2n) is 7.96. The van der Waals surface area contributed by atoms with Crippen LogP contribution in [0.25, 0.3) is 6.08 Å². The standard InChI is InChI=1S/C27H20ClFN2O6S/c1-36-26(34)20-13-19(10-11-21(20)28)30-24(32)14-31-25(33)23(38-27(31)35)12-17-4-2-3-5-22(17)37-15-16-6-8-18(29)9-7-16/h2-13H,14-15H2,1H3,(H,30,32)/b23-12-. The number of methoxy groups -OCH3 is 1. The van der Waals surface area contributed by atoms with Crippen LogP contribution in [0.4, 0.5) is 14.9 Å². The molecule has 1 heterocycles. The number of rotatable bonds is 8. The van der Waals surface area contributed by atoms with Crippen LogP contribution in [0.2, 0.25) is 5.02 Å². The maximum Gasteiger partial charge on any atom is 0.339 e. The molecule has 0 saturated carbocycles. The van der Waals surface area contributed by atoms with Gasteiger partial charge in [-0.25, -0.2) is 9.18 Å². The number of amides is 3. The van der Waals surface area contributed by atoms with E-state index in [1.165, 1.54) is 43.5 Å². The molecular weight excluding hydrogens is 535 g/mol. The lowest BCUT2D eigenvalue weighted by molar-refractivity contribution is -0.127. The van der Waals surface area contributed by atoms with Gasteiger partial charge in [-0.1, -0.05) is 41.9 Å². The number of carbonyl (C=O) groups is 4. The Balaban J connectivity index is 1.44. The van der Waals surface area contributed by atoms with Crippen LogP contribution < -0.4 is 10.1 Å². The number of halogens is 2. The summed E-state index contributed by atoms with van der Waals surface area (Å²) < 4.78 is 23.6. The Bertz CT molecular complexity index is 1440. The Morgan fingerprint density at radius 1 is 1.08 bits per heavy atom. The van der Waals surface area contributed by atoms with E-state index in [0.29, 0.717) is 23.1 Å². The highest BCUT2D eigenvalue weighted by molar-refractivity contribution is 8.18. The van der Waals surface area contributed by atoms with Crippen LogP contribution in [-0.2, 0) is 20.9 Å². The normalized spacial score (nSPS) is 14.1. The fraction of sp³-hybridized carbons (Fsp3) is 0.111. The van der Waals surface area contributed by atoms with Gasteiger partial charge in [-0.3, -0.25) is 19.3 Å². The summed E-state index contributed by atoms with van der Waals surface area (Å²) in [4.78, 5) is 50.8. The molecule has 3 amide bonds. The molecule has 194 valence electrons. The van der Waals surface area contributed by atoms with Crippen molar-refractivity contribution < 1.29 is 33.0 Å². The van der Waals surface area contributed by atoms with Crippen molar-refractivity contribution in [3.8, 4) is 5.75 Å². The third-order valence-corrected chi connectivity index (χ3v) is 6.58. The summed E-state index contributed by atoms with van der Waals surface area (Å²) in [5.41, 5.74) is 1.61. The summed E-state index contributed by atoms with van der Waals surface area (Å²) in [6, 6.07) is 17.1. The molecule has 0 aliphatic carbocycles. The number of esters is 1. The van der Waals surface area contributed by atoms with Crippen LogP contribution in [0.1, 0.15) is 21.5 Å². The highest BCUT2D eigenvalue weighted by Crippen LogP contribution is 2.34. The van der Waals surface area contributed by atoms with Gasteiger partial charge in [0.25, 0.3) is 11.1 Å². The van der Waals surface area contributed by atoms with Crippen molar-refractivity contribution in [1.82, 2.24) is 4.90 Å². The van der Waals surface area contributed by atoms with Crippen molar-refractivity contribution in [2.24, 2.45) is 0 Å². The molecule has 0 aromatic heterocycles. The smallest absolute Gasteiger partial charge is 0.339 e. The van der Waals surface area contributed by atoms with E-state index in [4.69, 9.17) is 16.3 Å². The van der Waals surface area contributed by atoms with Gasteiger partial charge in [0.05, 0.1) is 22.6 Å². The van der Waals surface area contributed by atoms with Gasteiger partial charge in [0.1, 0.15) is 24.7 Å². The van der Waals surface area contributed by atoms with Crippen molar-refractivity contribution in [3.05, 3.63) is 99.2 Å². The van der Waals surface area contributed by atoms with Crippen LogP contribution >= 0.6 is 23.4 Å². The molecule has 1 fully saturated rings. The van der Waals surface area contributed by atoms with E-state index >= 15 is 0 Å². The average Bonchev–Trinajstić information content (AvgIpc) is 3.17. The number of benzene rings is 3. The fourth-order valence-corrected chi connectivity index (χ4v) is 4.49. The third kappa shape index (κ3) is 6.39. The first-order valence-electron chi connectivity index (χ1n) is 11.1. The molecule has 0 atom stereocenters. The summed E-state index contributed by atoms with van der Waals surface area (Å²) in [6.07, 6.45) is 1.52. The van der Waals surface area contributed by atoms with Gasteiger partial charge in [-0.15, -0.1) is 0 Å². The number of anilines is 1. The second kappa shape index (κ2) is 11.9. The maximum absolute atomic E-state index is 13.1. The Labute approximate surface area is 226 Å². The topological polar surface area (TPSA) is 102 Å². The lowest BCUT2D eigenvalue weighted by Gasteiger charge is -2.13. The van der Waals surface area contributed by atoms with Crippen molar-refractivity contribution in [3.63, 3.8) is 0 Å². The predicted molar refractivity (Wildman–Crippen MR) is 141 cm³/mol. The van der Waals surface area contributed by atoms with Crippen molar-refractivity contribution >= 4 is 58.1 Å². The van der Waals surface area contributed by atoms with Gasteiger partial charge < -0.3 is 14.8 Å². The van der Waals surface area contributed by atoms with Crippen molar-refractivity contribution in [2.45, 2.75) is 6.61 Å². The van der Waals surface area contributed by atoms with E-state index in [9.17, 15) is 23.6 Å². The first-order chi connectivity index (χ1) is 18.2. The number of imide groups is 1. The predicted octanol–water partition coefficient (Wildman–Crippen LogP) is 5.52. The lowest BCUT2D eigenvalue weighted by atomic mass is 10.1. The highest BCUT2D eigenvalue weighted by Gasteiger charge is 2.36. The first kappa shape index (κ1) is 26.9. The molecule has 1 N–H and O–H groups in total. The Hall–Kier alpha value is -4.15. The molecule has 11 heteroatoms. The molecule has 1 saturated heterocycles. The molecule has 38 heavy (non-hydrogen) atoms. The van der Waals surface area contributed by atoms with E-state index in [1.807, 2.05) is 0 Å². The average molecular weight is 555 g/mol. The largest absolute Gasteiger partial charge is 0.488 e. The van der Waals surface area contributed by atoms with E-state index in [1.54, 1.807) is 36.4 Å². The molecule has 4 rings (SSSR count). The van der Waals surface area contributed by atoms with Gasteiger partial charge in [0, 0.05) is 11.3 Å². The number of ether oxygens (including phenoxy) is 2. The van der Waals surface area contributed by atoms with Gasteiger partial charge >= 0.3 is 5.97 Å². The number of hydrogen-bond acceptors (Lipinski definition) is 7. The number of hydrogen-bond donors (Lipinski definition) is 1. The zero-order valence-electron chi connectivity index (χ0n) is 19.9. The number of thioether (sulfide) groups is 1. The Kier molecular flexibility index (Phi) is 8.45. The molecule has 0 spiro atoms. The zero-order chi connectivity index (χ0) is 27.2. The van der Waals surface area contributed by atoms with Gasteiger partial charge in [0.2, 0.25) is 5.91 Å². The minimum absolute atomic E-state index is 0.0568. The Morgan fingerprint density at radius 2 is 1.82 bits per heavy atom. The second-order valence-corrected chi connectivity index (χ2v) is 9.36. The third-order valence-electron chi connectivity index (χ3n) is 5.34. The van der Waals surface area contributed by atoms with Crippen LogP contribution in [0.3, 0.4) is 0 Å².